The van der Waals surface area contributed by atoms with Crippen LogP contribution in [0.1, 0.15) is 15.9 Å². The smallest absolute Gasteiger partial charge is 0.251 e. The normalized spacial score (nSPS) is 9.95. The van der Waals surface area contributed by atoms with Gasteiger partial charge in [0.2, 0.25) is 0 Å². The molecule has 3 nitrogen and oxygen atoms in total. The fourth-order valence-electron chi connectivity index (χ4n) is 1.74. The third-order valence-electron chi connectivity index (χ3n) is 2.77. The molecule has 0 bridgehead atoms. The number of hydrogen-bond acceptors (Lipinski definition) is 2. The van der Waals surface area contributed by atoms with Gasteiger partial charge in [0.25, 0.3) is 5.91 Å². The average molecular weight is 255 g/mol. The number of benzene rings is 2. The molecule has 3 heteroatoms. The molecule has 0 aliphatic carbocycles. The van der Waals surface area contributed by atoms with Gasteiger partial charge >= 0.3 is 0 Å². The summed E-state index contributed by atoms with van der Waals surface area (Å²) in [6.45, 7) is 2.95. The van der Waals surface area contributed by atoms with E-state index in [1.807, 2.05) is 49.4 Å². The minimum absolute atomic E-state index is 0.0750. The average Bonchev–Trinajstić information content (AvgIpc) is 2.46. The van der Waals surface area contributed by atoms with E-state index in [9.17, 15) is 4.79 Å². The van der Waals surface area contributed by atoms with Gasteiger partial charge in [-0.15, -0.1) is 0 Å². The molecular weight excluding hydrogens is 238 g/mol. The van der Waals surface area contributed by atoms with Crippen molar-refractivity contribution in [3.05, 3.63) is 65.7 Å². The Morgan fingerprint density at radius 2 is 1.74 bits per heavy atom. The third kappa shape index (κ3) is 3.85. The van der Waals surface area contributed by atoms with Crippen LogP contribution in [0.3, 0.4) is 0 Å². The summed E-state index contributed by atoms with van der Waals surface area (Å²) >= 11 is 0. The van der Waals surface area contributed by atoms with Crippen LogP contribution >= 0.6 is 0 Å². The molecule has 2 aromatic rings. The summed E-state index contributed by atoms with van der Waals surface area (Å²) in [6, 6.07) is 17.0. The first kappa shape index (κ1) is 13.1. The van der Waals surface area contributed by atoms with Crippen LogP contribution in [-0.2, 0) is 0 Å². The lowest BCUT2D eigenvalue weighted by Crippen LogP contribution is -2.28. The number of para-hydroxylation sites is 1. The molecule has 0 atom stereocenters. The lowest BCUT2D eigenvalue weighted by Gasteiger charge is -2.09. The fraction of sp³-hybridized carbons (Fsp3) is 0.188. The van der Waals surface area contributed by atoms with Gasteiger partial charge in [-0.25, -0.2) is 0 Å². The topological polar surface area (TPSA) is 38.3 Å². The summed E-state index contributed by atoms with van der Waals surface area (Å²) in [4.78, 5) is 11.8. The quantitative estimate of drug-likeness (QED) is 0.834. The highest BCUT2D eigenvalue weighted by atomic mass is 16.5. The molecule has 0 heterocycles. The number of carbonyl (C=O) groups excluding carboxylic acids is 1. The summed E-state index contributed by atoms with van der Waals surface area (Å²) in [6.07, 6.45) is 0. The molecule has 98 valence electrons. The van der Waals surface area contributed by atoms with Crippen molar-refractivity contribution in [2.75, 3.05) is 13.2 Å². The molecule has 0 aromatic heterocycles. The third-order valence-corrected chi connectivity index (χ3v) is 2.77. The van der Waals surface area contributed by atoms with Gasteiger partial charge in [-0.05, 0) is 30.7 Å². The molecule has 2 aromatic carbocycles. The van der Waals surface area contributed by atoms with Crippen molar-refractivity contribution in [2.45, 2.75) is 6.92 Å². The van der Waals surface area contributed by atoms with Gasteiger partial charge < -0.3 is 10.1 Å². The molecule has 0 radical (unpaired) electrons. The van der Waals surface area contributed by atoms with Gasteiger partial charge in [-0.1, -0.05) is 36.4 Å². The fourth-order valence-corrected chi connectivity index (χ4v) is 1.74. The van der Waals surface area contributed by atoms with Crippen LogP contribution in [-0.4, -0.2) is 19.1 Å². The zero-order valence-electron chi connectivity index (χ0n) is 10.9. The van der Waals surface area contributed by atoms with Gasteiger partial charge in [0.1, 0.15) is 12.4 Å². The van der Waals surface area contributed by atoms with Gasteiger partial charge in [-0.2, -0.15) is 0 Å². The molecule has 2 rings (SSSR count). The monoisotopic (exact) mass is 255 g/mol. The molecule has 19 heavy (non-hydrogen) atoms. The number of carbonyl (C=O) groups is 1. The van der Waals surface area contributed by atoms with E-state index in [0.717, 1.165) is 11.3 Å². The Balaban J connectivity index is 1.76. The first-order valence-electron chi connectivity index (χ1n) is 6.29. The van der Waals surface area contributed by atoms with Crippen molar-refractivity contribution in [3.8, 4) is 5.75 Å². The molecule has 0 saturated carbocycles. The second-order valence-corrected chi connectivity index (χ2v) is 4.24. The zero-order valence-corrected chi connectivity index (χ0v) is 10.9. The number of ether oxygens (including phenoxy) is 1. The van der Waals surface area contributed by atoms with Crippen LogP contribution < -0.4 is 10.1 Å². The molecule has 0 aliphatic heterocycles. The highest BCUT2D eigenvalue weighted by molar-refractivity contribution is 5.94. The van der Waals surface area contributed by atoms with Crippen molar-refractivity contribution in [2.24, 2.45) is 0 Å². The molecule has 1 N–H and O–H groups in total. The first-order chi connectivity index (χ1) is 9.27. The Morgan fingerprint density at radius 3 is 2.47 bits per heavy atom. The molecule has 1 amide bonds. The van der Waals surface area contributed by atoms with Crippen LogP contribution in [0, 0.1) is 6.92 Å². The van der Waals surface area contributed by atoms with Crippen LogP contribution in [0.15, 0.2) is 54.6 Å². The largest absolute Gasteiger partial charge is 0.491 e. The van der Waals surface area contributed by atoms with E-state index in [4.69, 9.17) is 4.74 Å². The standard InChI is InChI=1S/C16H17NO2/c1-13-7-5-6-10-15(13)19-12-11-17-16(18)14-8-3-2-4-9-14/h2-10H,11-12H2,1H3,(H,17,18). The van der Waals surface area contributed by atoms with E-state index in [1.165, 1.54) is 0 Å². The Morgan fingerprint density at radius 1 is 1.05 bits per heavy atom. The second kappa shape index (κ2) is 6.59. The Labute approximate surface area is 113 Å². The van der Waals surface area contributed by atoms with Crippen molar-refractivity contribution in [1.82, 2.24) is 5.32 Å². The zero-order chi connectivity index (χ0) is 13.5. The van der Waals surface area contributed by atoms with Gasteiger partial charge in [-0.3, -0.25) is 4.79 Å². The summed E-state index contributed by atoms with van der Waals surface area (Å²) in [5.74, 6) is 0.783. The van der Waals surface area contributed by atoms with Gasteiger partial charge in [0.15, 0.2) is 0 Å². The Hall–Kier alpha value is -2.29. The van der Waals surface area contributed by atoms with E-state index >= 15 is 0 Å². The van der Waals surface area contributed by atoms with E-state index in [1.54, 1.807) is 12.1 Å². The maximum Gasteiger partial charge on any atom is 0.251 e. The van der Waals surface area contributed by atoms with Crippen LogP contribution in [0.25, 0.3) is 0 Å². The van der Waals surface area contributed by atoms with Crippen molar-refractivity contribution in [3.63, 3.8) is 0 Å². The number of aryl methyl sites for hydroxylation is 1. The molecule has 0 unspecified atom stereocenters. The molecule has 0 saturated heterocycles. The highest BCUT2D eigenvalue weighted by Crippen LogP contribution is 2.15. The number of nitrogens with one attached hydrogen (secondary N) is 1. The summed E-state index contributed by atoms with van der Waals surface area (Å²) in [5.41, 5.74) is 1.76. The van der Waals surface area contributed by atoms with Crippen molar-refractivity contribution >= 4 is 5.91 Å². The van der Waals surface area contributed by atoms with E-state index in [0.29, 0.717) is 18.7 Å². The maximum atomic E-state index is 11.8. The van der Waals surface area contributed by atoms with Crippen LogP contribution in [0.2, 0.25) is 0 Å². The molecule has 0 fully saturated rings. The number of hydrogen-bond donors (Lipinski definition) is 1. The van der Waals surface area contributed by atoms with E-state index < -0.39 is 0 Å². The van der Waals surface area contributed by atoms with E-state index in [-0.39, 0.29) is 5.91 Å². The number of amides is 1. The predicted octanol–water partition coefficient (Wildman–Crippen LogP) is 2.80. The van der Waals surface area contributed by atoms with Crippen molar-refractivity contribution < 1.29 is 9.53 Å². The molecule has 0 aliphatic rings. The highest BCUT2D eigenvalue weighted by Gasteiger charge is 2.03. The lowest BCUT2D eigenvalue weighted by atomic mass is 10.2. The Bertz CT molecular complexity index is 537. The van der Waals surface area contributed by atoms with E-state index in [2.05, 4.69) is 5.32 Å². The van der Waals surface area contributed by atoms with Crippen molar-refractivity contribution in [1.29, 1.82) is 0 Å². The summed E-state index contributed by atoms with van der Waals surface area (Å²) in [7, 11) is 0. The maximum absolute atomic E-state index is 11.8. The molecular formula is C16H17NO2. The summed E-state index contributed by atoms with van der Waals surface area (Å²) < 4.78 is 5.61. The van der Waals surface area contributed by atoms with Crippen LogP contribution in [0.4, 0.5) is 0 Å². The summed E-state index contributed by atoms with van der Waals surface area (Å²) in [5, 5.41) is 2.82. The molecule has 0 spiro atoms. The number of rotatable bonds is 5. The predicted molar refractivity (Wildman–Crippen MR) is 75.4 cm³/mol. The second-order valence-electron chi connectivity index (χ2n) is 4.24. The van der Waals surface area contributed by atoms with Gasteiger partial charge in [0.05, 0.1) is 6.54 Å². The SMILES string of the molecule is Cc1ccccc1OCCNC(=O)c1ccccc1. The lowest BCUT2D eigenvalue weighted by molar-refractivity contribution is 0.0947. The minimum atomic E-state index is -0.0750. The minimum Gasteiger partial charge on any atom is -0.491 e. The van der Waals surface area contributed by atoms with Crippen LogP contribution in [0.5, 0.6) is 5.75 Å². The van der Waals surface area contributed by atoms with Gasteiger partial charge in [0, 0.05) is 5.56 Å². The first-order valence-corrected chi connectivity index (χ1v) is 6.29. The Kier molecular flexibility index (Phi) is 4.56.